The molecule has 196 valence electrons. The van der Waals surface area contributed by atoms with E-state index in [-0.39, 0.29) is 30.8 Å². The number of fused-ring (bicyclic) bond motifs is 3. The molecule has 1 fully saturated rings. The van der Waals surface area contributed by atoms with E-state index in [9.17, 15) is 19.2 Å². The molecule has 0 saturated carbocycles. The Morgan fingerprint density at radius 3 is 2.22 bits per heavy atom. The van der Waals surface area contributed by atoms with E-state index in [1.54, 1.807) is 0 Å². The maximum atomic E-state index is 13.1. The van der Waals surface area contributed by atoms with Crippen molar-refractivity contribution in [3.63, 3.8) is 0 Å². The van der Waals surface area contributed by atoms with Crippen LogP contribution >= 0.6 is 0 Å². The van der Waals surface area contributed by atoms with Gasteiger partial charge in [0.15, 0.2) is 0 Å². The third-order valence-corrected chi connectivity index (χ3v) is 7.01. The van der Waals surface area contributed by atoms with E-state index in [1.807, 2.05) is 43.3 Å². The minimum atomic E-state index is -0.991. The number of hydrogen-bond acceptors (Lipinski definition) is 6. The number of methoxy groups -OCH3 is 1. The molecule has 9 nitrogen and oxygen atoms in total. The first kappa shape index (κ1) is 26.2. The number of nitrogens with one attached hydrogen (secondary N) is 3. The summed E-state index contributed by atoms with van der Waals surface area (Å²) in [6.45, 7) is 2.55. The smallest absolute Gasteiger partial charge is 0.407 e. The zero-order valence-corrected chi connectivity index (χ0v) is 21.1. The first-order valence-corrected chi connectivity index (χ1v) is 12.7. The summed E-state index contributed by atoms with van der Waals surface area (Å²) in [5.41, 5.74) is 4.44. The number of alkyl carbamates (subject to hydrolysis) is 1. The second-order valence-corrected chi connectivity index (χ2v) is 9.41. The zero-order valence-electron chi connectivity index (χ0n) is 21.1. The molecule has 3 amide bonds. The SMILES string of the molecule is CCC[C@H](NC(=O)OCC1c2ccccc2-c2ccccc21)C(=O)N[C@@H](C[C@@H]1CCNC1=O)C(=O)OC. The topological polar surface area (TPSA) is 123 Å². The number of rotatable bonds is 10. The van der Waals surface area contributed by atoms with Crippen molar-refractivity contribution >= 4 is 23.9 Å². The van der Waals surface area contributed by atoms with Gasteiger partial charge >= 0.3 is 12.1 Å². The monoisotopic (exact) mass is 507 g/mol. The molecule has 0 aromatic heterocycles. The van der Waals surface area contributed by atoms with Gasteiger partial charge in [0.05, 0.1) is 7.11 Å². The Balaban J connectivity index is 1.38. The van der Waals surface area contributed by atoms with Gasteiger partial charge in [0, 0.05) is 18.4 Å². The summed E-state index contributed by atoms with van der Waals surface area (Å²) in [7, 11) is 1.23. The summed E-state index contributed by atoms with van der Waals surface area (Å²) >= 11 is 0. The third-order valence-electron chi connectivity index (χ3n) is 7.01. The average molecular weight is 508 g/mol. The molecule has 2 aromatic rings. The predicted molar refractivity (Wildman–Crippen MR) is 137 cm³/mol. The van der Waals surface area contributed by atoms with Crippen LogP contribution in [0.25, 0.3) is 11.1 Å². The molecule has 3 N–H and O–H groups in total. The van der Waals surface area contributed by atoms with Crippen LogP contribution in [0.4, 0.5) is 4.79 Å². The fourth-order valence-corrected chi connectivity index (χ4v) is 5.12. The lowest BCUT2D eigenvalue weighted by Gasteiger charge is -2.23. The van der Waals surface area contributed by atoms with Gasteiger partial charge in [-0.3, -0.25) is 9.59 Å². The maximum absolute atomic E-state index is 13.1. The molecule has 1 aliphatic heterocycles. The van der Waals surface area contributed by atoms with Crippen LogP contribution in [0.2, 0.25) is 0 Å². The van der Waals surface area contributed by atoms with Crippen molar-refractivity contribution in [2.75, 3.05) is 20.3 Å². The Morgan fingerprint density at radius 2 is 1.65 bits per heavy atom. The number of esters is 1. The minimum Gasteiger partial charge on any atom is -0.467 e. The van der Waals surface area contributed by atoms with Gasteiger partial charge in [0.2, 0.25) is 11.8 Å². The number of hydrogen-bond donors (Lipinski definition) is 3. The molecule has 0 spiro atoms. The Kier molecular flexibility index (Phi) is 8.43. The Labute approximate surface area is 216 Å². The number of carbonyl (C=O) groups excluding carboxylic acids is 4. The van der Waals surface area contributed by atoms with E-state index in [2.05, 4.69) is 28.1 Å². The average Bonchev–Trinajstić information content (AvgIpc) is 3.46. The van der Waals surface area contributed by atoms with Crippen molar-refractivity contribution in [2.24, 2.45) is 5.92 Å². The molecule has 0 bridgehead atoms. The molecule has 1 saturated heterocycles. The minimum absolute atomic E-state index is 0.0992. The highest BCUT2D eigenvalue weighted by Gasteiger charge is 2.34. The summed E-state index contributed by atoms with van der Waals surface area (Å²) in [5, 5.41) is 8.04. The van der Waals surface area contributed by atoms with Crippen molar-refractivity contribution in [3.8, 4) is 11.1 Å². The van der Waals surface area contributed by atoms with Gasteiger partial charge in [-0.05, 0) is 41.5 Å². The second-order valence-electron chi connectivity index (χ2n) is 9.41. The molecule has 1 heterocycles. The third kappa shape index (κ3) is 5.93. The van der Waals surface area contributed by atoms with Crippen LogP contribution in [0.15, 0.2) is 48.5 Å². The number of amides is 3. The Bertz CT molecular complexity index is 1120. The molecule has 4 rings (SSSR count). The van der Waals surface area contributed by atoms with E-state index >= 15 is 0 Å². The largest absolute Gasteiger partial charge is 0.467 e. The molecular weight excluding hydrogens is 474 g/mol. The summed E-state index contributed by atoms with van der Waals surface area (Å²) in [6, 6.07) is 14.2. The highest BCUT2D eigenvalue weighted by atomic mass is 16.5. The van der Waals surface area contributed by atoms with Crippen molar-refractivity contribution in [1.82, 2.24) is 16.0 Å². The van der Waals surface area contributed by atoms with Crippen LogP contribution in [0, 0.1) is 5.92 Å². The van der Waals surface area contributed by atoms with Gasteiger partial charge in [-0.15, -0.1) is 0 Å². The first-order valence-electron chi connectivity index (χ1n) is 12.7. The van der Waals surface area contributed by atoms with Crippen molar-refractivity contribution in [3.05, 3.63) is 59.7 Å². The van der Waals surface area contributed by atoms with E-state index in [0.29, 0.717) is 25.8 Å². The van der Waals surface area contributed by atoms with Gasteiger partial charge in [-0.1, -0.05) is 61.9 Å². The molecule has 37 heavy (non-hydrogen) atoms. The van der Waals surface area contributed by atoms with Crippen LogP contribution in [0.3, 0.4) is 0 Å². The predicted octanol–water partition coefficient (Wildman–Crippen LogP) is 2.88. The van der Waals surface area contributed by atoms with E-state index in [1.165, 1.54) is 7.11 Å². The second kappa shape index (κ2) is 11.9. The number of carbonyl (C=O) groups is 4. The maximum Gasteiger partial charge on any atom is 0.407 e. The van der Waals surface area contributed by atoms with E-state index in [4.69, 9.17) is 9.47 Å². The van der Waals surface area contributed by atoms with Crippen molar-refractivity contribution < 1.29 is 28.7 Å². The highest BCUT2D eigenvalue weighted by molar-refractivity contribution is 5.90. The molecule has 2 aliphatic rings. The highest BCUT2D eigenvalue weighted by Crippen LogP contribution is 2.44. The molecule has 3 atom stereocenters. The lowest BCUT2D eigenvalue weighted by atomic mass is 9.98. The van der Waals surface area contributed by atoms with Crippen LogP contribution in [0.5, 0.6) is 0 Å². The van der Waals surface area contributed by atoms with Gasteiger partial charge in [0.1, 0.15) is 18.7 Å². The standard InChI is InChI=1S/C28H33N3O6/c1-3-8-23(26(33)30-24(27(34)36-2)15-17-13-14-29-25(17)32)31-28(35)37-16-22-20-11-6-4-9-18(20)19-10-5-7-12-21(19)22/h4-7,9-12,17,22-24H,3,8,13-16H2,1-2H3,(H,29,32)(H,30,33)(H,31,35)/t17-,23-,24-/m0/s1. The van der Waals surface area contributed by atoms with Crippen LogP contribution in [0.1, 0.15) is 49.7 Å². The zero-order chi connectivity index (χ0) is 26.4. The van der Waals surface area contributed by atoms with Gasteiger partial charge in [-0.2, -0.15) is 0 Å². The van der Waals surface area contributed by atoms with Crippen LogP contribution < -0.4 is 16.0 Å². The van der Waals surface area contributed by atoms with Gasteiger partial charge in [-0.25, -0.2) is 9.59 Å². The van der Waals surface area contributed by atoms with Crippen molar-refractivity contribution in [1.29, 1.82) is 0 Å². The summed E-state index contributed by atoms with van der Waals surface area (Å²) in [6.07, 6.45) is 0.982. The number of ether oxygens (including phenoxy) is 2. The summed E-state index contributed by atoms with van der Waals surface area (Å²) in [4.78, 5) is 50.1. The molecule has 1 aliphatic carbocycles. The quantitative estimate of drug-likeness (QED) is 0.425. The fourth-order valence-electron chi connectivity index (χ4n) is 5.12. The summed E-state index contributed by atoms with van der Waals surface area (Å²) < 4.78 is 10.4. The Hall–Kier alpha value is -3.88. The van der Waals surface area contributed by atoms with E-state index < -0.39 is 30.1 Å². The van der Waals surface area contributed by atoms with Crippen LogP contribution in [-0.4, -0.2) is 56.2 Å². The van der Waals surface area contributed by atoms with Crippen molar-refractivity contribution in [2.45, 2.75) is 50.6 Å². The lowest BCUT2D eigenvalue weighted by molar-refractivity contribution is -0.146. The van der Waals surface area contributed by atoms with E-state index in [0.717, 1.165) is 22.3 Å². The fraction of sp³-hybridized carbons (Fsp3) is 0.429. The molecule has 2 aromatic carbocycles. The molecule has 0 unspecified atom stereocenters. The Morgan fingerprint density at radius 1 is 1.00 bits per heavy atom. The number of benzene rings is 2. The lowest BCUT2D eigenvalue weighted by Crippen LogP contribution is -2.52. The normalized spacial score (nSPS) is 17.7. The molecular formula is C28H33N3O6. The first-order chi connectivity index (χ1) is 17.9. The van der Waals surface area contributed by atoms with Gasteiger partial charge in [0.25, 0.3) is 0 Å². The van der Waals surface area contributed by atoms with Crippen LogP contribution in [-0.2, 0) is 23.9 Å². The molecule has 0 radical (unpaired) electrons. The molecule has 9 heteroatoms. The van der Waals surface area contributed by atoms with Gasteiger partial charge < -0.3 is 25.4 Å². The summed E-state index contributed by atoms with van der Waals surface area (Å²) in [5.74, 6) is -1.79.